The number of allylic oxidation sites excluding steroid dienone is 6. The number of fused-ring (bicyclic) bond motifs is 2. The third-order valence-electron chi connectivity index (χ3n) is 7.28. The van der Waals surface area contributed by atoms with Crippen LogP contribution in [0.15, 0.2) is 59.8 Å². The van der Waals surface area contributed by atoms with Gasteiger partial charge in [0, 0.05) is 11.1 Å². The number of rotatable bonds is 2. The summed E-state index contributed by atoms with van der Waals surface area (Å²) in [5.41, 5.74) is 1.07. The molecule has 0 bridgehead atoms. The highest BCUT2D eigenvalue weighted by Gasteiger charge is 2.37. The number of hydrogen-bond acceptors (Lipinski definition) is 6. The summed E-state index contributed by atoms with van der Waals surface area (Å²) in [5, 5.41) is 60.1. The van der Waals surface area contributed by atoms with E-state index in [4.69, 9.17) is 26.3 Å². The van der Waals surface area contributed by atoms with Crippen LogP contribution in [0.2, 0.25) is 0 Å². The Bertz CT molecular complexity index is 2330. The first kappa shape index (κ1) is 29.0. The molecule has 0 amide bonds. The summed E-state index contributed by atoms with van der Waals surface area (Å²) in [6.07, 6.45) is 0. The van der Waals surface area contributed by atoms with Crippen molar-refractivity contribution in [3.05, 3.63) is 150 Å². The van der Waals surface area contributed by atoms with E-state index in [2.05, 4.69) is 25.4 Å². The van der Waals surface area contributed by atoms with Crippen LogP contribution in [-0.4, -0.2) is 0 Å². The van der Waals surface area contributed by atoms with Crippen LogP contribution in [0, 0.1) is 94.3 Å². The van der Waals surface area contributed by atoms with Crippen LogP contribution in [0.1, 0.15) is 44.5 Å². The molecule has 46 heavy (non-hydrogen) atoms. The highest BCUT2D eigenvalue weighted by Crippen LogP contribution is 2.52. The van der Waals surface area contributed by atoms with Crippen molar-refractivity contribution in [2.75, 3.05) is 0 Å². The van der Waals surface area contributed by atoms with Gasteiger partial charge in [-0.25, -0.2) is 19.4 Å². The fourth-order valence-corrected chi connectivity index (χ4v) is 5.45. The Morgan fingerprint density at radius 1 is 0.457 bits per heavy atom. The number of hydrogen-bond donors (Lipinski definition) is 0. The smallest absolute Gasteiger partial charge is 0.204 e. The third-order valence-corrected chi connectivity index (χ3v) is 7.28. The highest BCUT2D eigenvalue weighted by atomic mass is 14.8. The molecule has 2 aliphatic rings. The van der Waals surface area contributed by atoms with Crippen LogP contribution < -0.4 is 0 Å². The average molecular weight is 581 g/mol. The van der Waals surface area contributed by atoms with Gasteiger partial charge in [0.2, 0.25) is 11.4 Å². The van der Waals surface area contributed by atoms with Crippen LogP contribution >= 0.6 is 0 Å². The second-order valence-electron chi connectivity index (χ2n) is 9.55. The van der Waals surface area contributed by atoms with Crippen LogP contribution in [0.3, 0.4) is 0 Å². The Kier molecular flexibility index (Phi) is 7.21. The SMILES string of the molecule is [C-]#[N+]C1=C([N+]#[C-])c2cc3c(cc2/C1=C(\C#N)c1cc([N+]#[C-])cc([N+]#[C-])c1)C(C#N)=C(C#N)/C3=C(/C#N)c1cc(C#N)cc(C#N)c1. The monoisotopic (exact) mass is 580 g/mol. The molecule has 0 aliphatic heterocycles. The van der Waals surface area contributed by atoms with Crippen LogP contribution in [-0.2, 0) is 0 Å². The lowest BCUT2D eigenvalue weighted by Gasteiger charge is -2.13. The van der Waals surface area contributed by atoms with Crippen molar-refractivity contribution in [3.8, 4) is 36.4 Å². The molecular formula is C36H8N10. The Morgan fingerprint density at radius 2 is 0.957 bits per heavy atom. The molecule has 5 rings (SSSR count). The Balaban J connectivity index is 1.94. The lowest BCUT2D eigenvalue weighted by atomic mass is 9.89. The fourth-order valence-electron chi connectivity index (χ4n) is 5.45. The third kappa shape index (κ3) is 4.27. The molecule has 3 aromatic rings. The first-order valence-corrected chi connectivity index (χ1v) is 12.7. The van der Waals surface area contributed by atoms with Gasteiger partial charge in [-0.15, -0.1) is 0 Å². The first-order chi connectivity index (χ1) is 22.4. The average Bonchev–Trinajstić information content (AvgIpc) is 3.57. The Hall–Kier alpha value is -8.48. The van der Waals surface area contributed by atoms with E-state index in [-0.39, 0.29) is 101 Å². The normalized spacial score (nSPS) is 14.2. The van der Waals surface area contributed by atoms with Crippen molar-refractivity contribution in [1.29, 1.82) is 31.6 Å². The van der Waals surface area contributed by atoms with E-state index in [1.807, 2.05) is 30.3 Å². The number of benzene rings is 3. The molecule has 2 aliphatic carbocycles. The van der Waals surface area contributed by atoms with Crippen LogP contribution in [0.5, 0.6) is 0 Å². The summed E-state index contributed by atoms with van der Waals surface area (Å²) < 4.78 is 0. The van der Waals surface area contributed by atoms with Gasteiger partial charge < -0.3 is 0 Å². The van der Waals surface area contributed by atoms with Gasteiger partial charge in [0.1, 0.15) is 18.2 Å². The molecule has 3 aromatic carbocycles. The van der Waals surface area contributed by atoms with Crippen molar-refractivity contribution < 1.29 is 0 Å². The topological polar surface area (TPSA) is 160 Å². The van der Waals surface area contributed by atoms with E-state index in [0.29, 0.717) is 0 Å². The standard InChI is InChI=1S/C36H8N10/c1-43-23-8-22(9-24(10-23)44-2)30(16-40)34-27-11-25-26(12-28(27)35(45-3)36(34)46-4)33(32(18-42)31(25)17-41)29(15-39)21-6-19(13-37)5-20(7-21)14-38/h5-12H/b33-29-,34-30-. The maximum atomic E-state index is 10.3. The van der Waals surface area contributed by atoms with Crippen LogP contribution in [0.25, 0.3) is 52.9 Å². The summed E-state index contributed by atoms with van der Waals surface area (Å²) in [4.78, 5) is 13.9. The molecular weight excluding hydrogens is 572 g/mol. The molecule has 0 atom stereocenters. The van der Waals surface area contributed by atoms with Gasteiger partial charge in [0.15, 0.2) is 11.4 Å². The van der Waals surface area contributed by atoms with Crippen molar-refractivity contribution >= 4 is 44.9 Å². The summed E-state index contributed by atoms with van der Waals surface area (Å²) in [6.45, 7) is 30.7. The minimum atomic E-state index is -0.155. The number of nitriles is 6. The van der Waals surface area contributed by atoms with Crippen molar-refractivity contribution in [3.63, 3.8) is 0 Å². The summed E-state index contributed by atoms with van der Waals surface area (Å²) >= 11 is 0. The predicted molar refractivity (Wildman–Crippen MR) is 164 cm³/mol. The molecule has 0 radical (unpaired) electrons. The number of nitrogens with zero attached hydrogens (tertiary/aromatic N) is 10. The molecule has 10 heteroatoms. The maximum absolute atomic E-state index is 10.3. The fraction of sp³-hybridized carbons (Fsp3) is 0. The molecule has 0 heterocycles. The second-order valence-corrected chi connectivity index (χ2v) is 9.55. The Labute approximate surface area is 262 Å². The van der Waals surface area contributed by atoms with E-state index in [1.54, 1.807) is 0 Å². The van der Waals surface area contributed by atoms with Gasteiger partial charge in [-0.1, -0.05) is 24.3 Å². The van der Waals surface area contributed by atoms with Gasteiger partial charge in [0.25, 0.3) is 0 Å². The predicted octanol–water partition coefficient (Wildman–Crippen LogP) is 7.74. The van der Waals surface area contributed by atoms with E-state index in [9.17, 15) is 31.6 Å². The first-order valence-electron chi connectivity index (χ1n) is 12.7. The van der Waals surface area contributed by atoms with Gasteiger partial charge in [-0.3, -0.25) is 0 Å². The maximum Gasteiger partial charge on any atom is 0.204 e. The molecule has 0 aromatic heterocycles. The van der Waals surface area contributed by atoms with E-state index >= 15 is 0 Å². The quantitative estimate of drug-likeness (QED) is 0.223. The van der Waals surface area contributed by atoms with Crippen molar-refractivity contribution in [2.24, 2.45) is 0 Å². The highest BCUT2D eigenvalue weighted by molar-refractivity contribution is 6.20. The largest absolute Gasteiger partial charge is 0.249 e. The zero-order valence-electron chi connectivity index (χ0n) is 23.1. The van der Waals surface area contributed by atoms with E-state index < -0.39 is 0 Å². The molecule has 0 unspecified atom stereocenters. The Morgan fingerprint density at radius 3 is 1.43 bits per heavy atom. The molecule has 202 valence electrons. The van der Waals surface area contributed by atoms with Crippen LogP contribution in [0.4, 0.5) is 11.4 Å². The van der Waals surface area contributed by atoms with Crippen molar-refractivity contribution in [1.82, 2.24) is 0 Å². The minimum absolute atomic E-state index is 0.0522. The molecule has 10 nitrogen and oxygen atoms in total. The molecule has 0 spiro atoms. The van der Waals surface area contributed by atoms with Gasteiger partial charge in [0.05, 0.1) is 77.9 Å². The second kappa shape index (κ2) is 11.4. The zero-order valence-corrected chi connectivity index (χ0v) is 23.1. The lowest BCUT2D eigenvalue weighted by molar-refractivity contribution is 1.43. The minimum Gasteiger partial charge on any atom is -0.249 e. The zero-order chi connectivity index (χ0) is 33.1. The summed E-state index contributed by atoms with van der Waals surface area (Å²) in [7, 11) is 0. The summed E-state index contributed by atoms with van der Waals surface area (Å²) in [5.74, 6) is 0. The van der Waals surface area contributed by atoms with E-state index in [1.165, 1.54) is 48.5 Å². The molecule has 0 fully saturated rings. The molecule has 0 N–H and O–H groups in total. The summed E-state index contributed by atoms with van der Waals surface area (Å²) in [6, 6.07) is 23.2. The van der Waals surface area contributed by atoms with Gasteiger partial charge in [-0.2, -0.15) is 31.6 Å². The van der Waals surface area contributed by atoms with Crippen molar-refractivity contribution in [2.45, 2.75) is 0 Å². The molecule has 0 saturated heterocycles. The lowest BCUT2D eigenvalue weighted by Crippen LogP contribution is -1.96. The van der Waals surface area contributed by atoms with E-state index in [0.717, 1.165) is 0 Å². The molecule has 0 saturated carbocycles. The van der Waals surface area contributed by atoms with Gasteiger partial charge >= 0.3 is 0 Å². The van der Waals surface area contributed by atoms with Gasteiger partial charge in [-0.05, 0) is 57.7 Å².